The minimum absolute atomic E-state index is 0.0215. The van der Waals surface area contributed by atoms with Crippen LogP contribution < -0.4 is 10.6 Å². The Bertz CT molecular complexity index is 1310. The predicted molar refractivity (Wildman–Crippen MR) is 252 cm³/mol. The summed E-state index contributed by atoms with van der Waals surface area (Å²) in [5.41, 5.74) is 3.04. The minimum atomic E-state index is -2.10. The highest BCUT2D eigenvalue weighted by Gasteiger charge is 2.42. The van der Waals surface area contributed by atoms with E-state index < -0.39 is 16.5 Å². The second-order valence-electron chi connectivity index (χ2n) is 15.7. The molecule has 14 unspecified atom stereocenters. The van der Waals surface area contributed by atoms with E-state index in [1.54, 1.807) is 24.3 Å². The van der Waals surface area contributed by atoms with Crippen molar-refractivity contribution in [3.05, 3.63) is 41.7 Å². The Morgan fingerprint density at radius 2 is 1.10 bits per heavy atom. The molecule has 0 aliphatic carbocycles. The van der Waals surface area contributed by atoms with E-state index in [-0.39, 0.29) is 73.1 Å². The highest BCUT2D eigenvalue weighted by molar-refractivity contribution is 7.33. The molecular weight excluding hydrogens is 848 g/mol. The number of unbranched alkanes of at least 4 members (excludes halogenated alkanes) is 1. The van der Waals surface area contributed by atoms with Gasteiger partial charge in [0.2, 0.25) is 0 Å². The Hall–Kier alpha value is -1.64. The zero-order valence-corrected chi connectivity index (χ0v) is 43.7. The number of benzene rings is 1. The molecule has 4 aliphatic heterocycles. The van der Waals surface area contributed by atoms with Gasteiger partial charge < -0.3 is 34.3 Å². The van der Waals surface area contributed by atoms with Gasteiger partial charge in [0.15, 0.2) is 0 Å². The number of allylic oxidation sites excluding steroid dienone is 1. The molecule has 0 aromatic heterocycles. The van der Waals surface area contributed by atoms with Crippen molar-refractivity contribution >= 4 is 22.3 Å². The summed E-state index contributed by atoms with van der Waals surface area (Å²) >= 11 is 0. The molecule has 5 rings (SSSR count). The fraction of sp³-hybridized carbons (Fsp3) is 0.830. The summed E-state index contributed by atoms with van der Waals surface area (Å²) in [6.45, 7) is 33.1. The van der Waals surface area contributed by atoms with Crippen molar-refractivity contribution in [1.82, 2.24) is 5.48 Å². The van der Waals surface area contributed by atoms with Crippen molar-refractivity contribution in [3.63, 3.8) is 0 Å². The predicted octanol–water partition coefficient (Wildman–Crippen LogP) is 11.5. The summed E-state index contributed by atoms with van der Waals surface area (Å²) in [5.74, 6) is 0.485. The molecule has 370 valence electrons. The number of nitrogens with one attached hydrogen (secondary N) is 1. The summed E-state index contributed by atoms with van der Waals surface area (Å²) in [6.07, 6.45) is 8.88. The molecular formula is C47H90NO13P2+. The molecule has 14 atom stereocenters. The molecule has 0 amide bonds. The molecule has 4 saturated heterocycles. The van der Waals surface area contributed by atoms with Crippen molar-refractivity contribution in [3.8, 4) is 0 Å². The van der Waals surface area contributed by atoms with Gasteiger partial charge >= 0.3 is 16.5 Å². The van der Waals surface area contributed by atoms with Crippen LogP contribution >= 0.6 is 16.5 Å². The maximum atomic E-state index is 11.9. The van der Waals surface area contributed by atoms with E-state index in [0.29, 0.717) is 36.7 Å². The van der Waals surface area contributed by atoms with E-state index in [4.69, 9.17) is 47.4 Å². The van der Waals surface area contributed by atoms with Gasteiger partial charge in [-0.25, -0.2) is 0 Å². The van der Waals surface area contributed by atoms with E-state index in [2.05, 4.69) is 40.1 Å². The summed E-state index contributed by atoms with van der Waals surface area (Å²) in [4.78, 5) is 0. The number of hydrogen-bond donors (Lipinski definition) is 3. The molecule has 1 aromatic carbocycles. The first-order valence-electron chi connectivity index (χ1n) is 23.7. The molecule has 3 N–H and O–H groups in total. The first-order valence-corrected chi connectivity index (χ1v) is 25.9. The lowest BCUT2D eigenvalue weighted by Gasteiger charge is -2.12. The highest BCUT2D eigenvalue weighted by Crippen LogP contribution is 2.37. The lowest BCUT2D eigenvalue weighted by molar-refractivity contribution is -0.247. The molecule has 0 saturated carbocycles. The molecule has 0 radical (unpaired) electrons. The molecule has 4 aliphatic rings. The van der Waals surface area contributed by atoms with Crippen LogP contribution in [0.4, 0.5) is 0 Å². The zero-order chi connectivity index (χ0) is 48.5. The summed E-state index contributed by atoms with van der Waals surface area (Å²) in [7, 11) is -4.19. The molecule has 14 nitrogen and oxygen atoms in total. The fourth-order valence-electron chi connectivity index (χ4n) is 6.86. The molecule has 4 fully saturated rings. The fourth-order valence-corrected chi connectivity index (χ4v) is 8.35. The lowest BCUT2D eigenvalue weighted by Crippen LogP contribution is -2.23. The van der Waals surface area contributed by atoms with Crippen LogP contribution in [0.25, 0.3) is 5.76 Å². The third-order valence-corrected chi connectivity index (χ3v) is 11.7. The number of ether oxygens (including phenoxy) is 4. The third kappa shape index (κ3) is 27.6. The molecule has 1 aromatic rings. The van der Waals surface area contributed by atoms with E-state index in [9.17, 15) is 14.2 Å². The van der Waals surface area contributed by atoms with Gasteiger partial charge in [0.05, 0.1) is 61.2 Å². The summed E-state index contributed by atoms with van der Waals surface area (Å²) in [5, 5.41) is 28.6. The lowest BCUT2D eigenvalue weighted by atomic mass is 10.0. The van der Waals surface area contributed by atoms with Crippen LogP contribution in [0, 0.1) is 11.8 Å². The molecule has 16 heteroatoms. The van der Waals surface area contributed by atoms with E-state index in [1.165, 1.54) is 19.8 Å². The smallest absolute Gasteiger partial charge is 0.716 e. The van der Waals surface area contributed by atoms with Crippen molar-refractivity contribution in [2.45, 2.75) is 223 Å². The average molecular weight is 939 g/mol. The second kappa shape index (κ2) is 38.5. The number of hydrogen-bond acceptors (Lipinski definition) is 14. The molecule has 4 heterocycles. The van der Waals surface area contributed by atoms with E-state index in [0.717, 1.165) is 38.5 Å². The number of aliphatic hydroxyl groups is 2. The first kappa shape index (κ1) is 63.4. The number of aliphatic hydroxyl groups excluding tert-OH is 2. The van der Waals surface area contributed by atoms with Crippen molar-refractivity contribution in [1.29, 1.82) is 0 Å². The van der Waals surface area contributed by atoms with Crippen molar-refractivity contribution in [2.75, 3.05) is 19.8 Å². The van der Waals surface area contributed by atoms with Gasteiger partial charge in [-0.2, -0.15) is 0 Å². The molecule has 0 spiro atoms. The summed E-state index contributed by atoms with van der Waals surface area (Å²) in [6, 6.07) is 8.68. The van der Waals surface area contributed by atoms with Crippen LogP contribution in [0.5, 0.6) is 0 Å². The monoisotopic (exact) mass is 939 g/mol. The zero-order valence-electron chi connectivity index (χ0n) is 41.9. The highest BCUT2D eigenvalue weighted by atomic mass is 31.1. The van der Waals surface area contributed by atoms with Crippen LogP contribution in [0.3, 0.4) is 0 Å². The van der Waals surface area contributed by atoms with E-state index in [1.807, 2.05) is 75.3 Å². The van der Waals surface area contributed by atoms with Crippen LogP contribution in [0.15, 0.2) is 36.1 Å². The van der Waals surface area contributed by atoms with Gasteiger partial charge in [-0.1, -0.05) is 125 Å². The van der Waals surface area contributed by atoms with Crippen LogP contribution in [-0.4, -0.2) is 91.0 Å². The normalized spacial score (nSPS) is 30.0. The van der Waals surface area contributed by atoms with Crippen LogP contribution in [0.1, 0.15) is 168 Å². The van der Waals surface area contributed by atoms with Crippen LogP contribution in [0.2, 0.25) is 0 Å². The van der Waals surface area contributed by atoms with Crippen molar-refractivity contribution in [2.24, 2.45) is 11.8 Å². The Morgan fingerprint density at radius 3 is 1.44 bits per heavy atom. The number of hydroxylamine groups is 1. The average Bonchev–Trinajstić information content (AvgIpc) is 4.03. The third-order valence-electron chi connectivity index (χ3n) is 10.2. The van der Waals surface area contributed by atoms with Gasteiger partial charge in [-0.3, -0.25) is 0 Å². The van der Waals surface area contributed by atoms with Gasteiger partial charge in [0, 0.05) is 28.5 Å². The minimum Gasteiger partial charge on any atom is -0.870 e. The number of rotatable bonds is 15. The SMILES string of the molecule is CC.CC.CC(O)=C([O-])c1ccccc1.CC1CC(C)C(CO)O1.CCC1OC(C)CC1O[P+](=O)OCC1OC(C)CC1C.CCCC.CCNO[P+](=O)OC1CC(C)OC1CC. The first-order chi connectivity index (χ1) is 30.0. The summed E-state index contributed by atoms with van der Waals surface area (Å²) < 4.78 is 66.5. The Kier molecular flexibility index (Phi) is 38.7. The molecule has 63 heavy (non-hydrogen) atoms. The van der Waals surface area contributed by atoms with Crippen molar-refractivity contribution < 1.29 is 61.6 Å². The van der Waals surface area contributed by atoms with Gasteiger partial charge in [-0.15, -0.1) is 19.1 Å². The maximum Gasteiger partial charge on any atom is 0.716 e. The van der Waals surface area contributed by atoms with Gasteiger partial charge in [0.25, 0.3) is 0 Å². The van der Waals surface area contributed by atoms with Gasteiger partial charge in [0.1, 0.15) is 18.8 Å². The Labute approximate surface area is 384 Å². The molecule has 0 bridgehead atoms. The van der Waals surface area contributed by atoms with Crippen LogP contribution in [-0.2, 0) is 46.3 Å². The second-order valence-corrected chi connectivity index (χ2v) is 17.5. The van der Waals surface area contributed by atoms with E-state index >= 15 is 0 Å². The quantitative estimate of drug-likeness (QED) is 0.0857. The van der Waals surface area contributed by atoms with Gasteiger partial charge in [-0.05, 0) is 82.3 Å². The Balaban J connectivity index is 0. The topological polar surface area (TPSA) is 184 Å². The largest absolute Gasteiger partial charge is 0.870 e. The maximum absolute atomic E-state index is 11.9. The standard InChI is InChI=1S/C14H26O5P.C9H19NO4P.C9H10O2.C7H14O2.C4H10.2C2H6/c1-5-12-13(7-11(4)17-12)19-20(15)16-8-14-9(2)6-10(3)18-14;1-4-8-9(6-7(3)12-8)13-15(11)14-10-5-2;1-7(10)9(11)8-5-3-2-4-6-8;1-5-3-6(2)9-7(5)4-8;1-3-4-2;2*1-2/h9-14H,5-8H2,1-4H3;7-10H,4-6H2,1-3H3;2-6,10-11H,1H3;5-8H,3-4H2,1-2H3;3-4H2,1-2H3;2*1-2H3/q2*+1;;;;;/p-1. The Morgan fingerprint density at radius 1 is 0.683 bits per heavy atom.